The molecule has 150 valence electrons. The van der Waals surface area contributed by atoms with Crippen LogP contribution in [0.5, 0.6) is 11.5 Å². The van der Waals surface area contributed by atoms with Crippen molar-refractivity contribution in [3.8, 4) is 11.5 Å². The van der Waals surface area contributed by atoms with Crippen LogP contribution in [-0.4, -0.2) is 69.9 Å². The molecule has 0 aromatic heterocycles. The number of nitrogens with one attached hydrogen (secondary N) is 2. The molecule has 8 heteroatoms. The van der Waals surface area contributed by atoms with Gasteiger partial charge in [-0.1, -0.05) is 0 Å². The Hall–Kier alpha value is -1.93. The molecule has 0 unspecified atom stereocenters. The highest BCUT2D eigenvalue weighted by molar-refractivity contribution is 8.01. The molecule has 2 amide bonds. The molecule has 1 heterocycles. The topological polar surface area (TPSA) is 72.3 Å². The van der Waals surface area contributed by atoms with Gasteiger partial charge in [-0.2, -0.15) is 0 Å². The summed E-state index contributed by atoms with van der Waals surface area (Å²) in [4.78, 5) is 27.8. The van der Waals surface area contributed by atoms with E-state index >= 15 is 0 Å². The second-order valence-corrected chi connectivity index (χ2v) is 8.25. The van der Waals surface area contributed by atoms with Gasteiger partial charge in [0.15, 0.2) is 0 Å². The zero-order chi connectivity index (χ0) is 20.0. The highest BCUT2D eigenvalue weighted by atomic mass is 32.2. The van der Waals surface area contributed by atoms with Crippen LogP contribution < -0.4 is 19.7 Å². The molecule has 2 atom stereocenters. The minimum atomic E-state index is -0.198. The van der Waals surface area contributed by atoms with E-state index in [1.54, 1.807) is 30.9 Å². The fourth-order valence-corrected chi connectivity index (χ4v) is 4.26. The first-order valence-corrected chi connectivity index (χ1v) is 10.0. The van der Waals surface area contributed by atoms with Crippen molar-refractivity contribution in [2.75, 3.05) is 47.9 Å². The average Bonchev–Trinajstić information content (AvgIpc) is 2.93. The molecule has 27 heavy (non-hydrogen) atoms. The van der Waals surface area contributed by atoms with Gasteiger partial charge in [0, 0.05) is 18.5 Å². The molecule has 0 spiro atoms. The van der Waals surface area contributed by atoms with Gasteiger partial charge < -0.3 is 24.6 Å². The van der Waals surface area contributed by atoms with Crippen LogP contribution in [0.4, 0.5) is 0 Å². The number of hydrogen-bond donors (Lipinski definition) is 2. The van der Waals surface area contributed by atoms with E-state index in [-0.39, 0.29) is 28.9 Å². The SMILES string of the molecule is COc1ccc(OC)c([C@@H]2S[C@H](C)C(=O)N2CCC(=O)NCC[NH+](C)C)c1. The highest BCUT2D eigenvalue weighted by Crippen LogP contribution is 2.46. The third kappa shape index (κ3) is 5.52. The van der Waals surface area contributed by atoms with Crippen molar-refractivity contribution in [1.82, 2.24) is 10.2 Å². The number of hydrogen-bond acceptors (Lipinski definition) is 5. The minimum absolute atomic E-state index is 0.0371. The number of amides is 2. The number of quaternary nitrogens is 1. The Morgan fingerprint density at radius 3 is 2.67 bits per heavy atom. The summed E-state index contributed by atoms with van der Waals surface area (Å²) in [7, 11) is 7.30. The van der Waals surface area contributed by atoms with Crippen molar-refractivity contribution >= 4 is 23.6 Å². The van der Waals surface area contributed by atoms with Crippen LogP contribution in [0.3, 0.4) is 0 Å². The third-order valence-corrected chi connectivity index (χ3v) is 5.85. The zero-order valence-corrected chi connectivity index (χ0v) is 17.5. The second kappa shape index (κ2) is 9.85. The summed E-state index contributed by atoms with van der Waals surface area (Å²) in [5.41, 5.74) is 0.885. The quantitative estimate of drug-likeness (QED) is 0.629. The first-order chi connectivity index (χ1) is 12.9. The summed E-state index contributed by atoms with van der Waals surface area (Å²) in [6.45, 7) is 3.77. The third-order valence-electron chi connectivity index (χ3n) is 4.48. The van der Waals surface area contributed by atoms with Crippen molar-refractivity contribution in [2.24, 2.45) is 0 Å². The molecule has 1 fully saturated rings. The lowest BCUT2D eigenvalue weighted by Gasteiger charge is -2.25. The molecule has 1 aromatic rings. The molecule has 2 rings (SSSR count). The summed E-state index contributed by atoms with van der Waals surface area (Å²) in [6.07, 6.45) is 0.282. The van der Waals surface area contributed by atoms with Crippen LogP contribution in [0.1, 0.15) is 24.3 Å². The van der Waals surface area contributed by atoms with E-state index in [0.29, 0.717) is 24.6 Å². The van der Waals surface area contributed by atoms with Gasteiger partial charge in [0.1, 0.15) is 16.9 Å². The Morgan fingerprint density at radius 1 is 1.30 bits per heavy atom. The largest absolute Gasteiger partial charge is 0.497 e. The number of methoxy groups -OCH3 is 2. The summed E-state index contributed by atoms with van der Waals surface area (Å²) in [5.74, 6) is 1.42. The van der Waals surface area contributed by atoms with Crippen molar-refractivity contribution in [2.45, 2.75) is 24.0 Å². The molecule has 1 saturated heterocycles. The fraction of sp³-hybridized carbons (Fsp3) is 0.579. The molecule has 1 aliphatic heterocycles. The molecule has 1 aromatic carbocycles. The average molecular weight is 397 g/mol. The molecule has 0 saturated carbocycles. The van der Waals surface area contributed by atoms with Gasteiger partial charge in [-0.3, -0.25) is 9.59 Å². The van der Waals surface area contributed by atoms with E-state index in [1.807, 2.05) is 39.2 Å². The molecular weight excluding hydrogens is 366 g/mol. The lowest BCUT2D eigenvalue weighted by atomic mass is 10.1. The van der Waals surface area contributed by atoms with Gasteiger partial charge in [-0.15, -0.1) is 11.8 Å². The first kappa shape index (κ1) is 21.4. The summed E-state index contributed by atoms with van der Waals surface area (Å²) < 4.78 is 10.8. The monoisotopic (exact) mass is 396 g/mol. The van der Waals surface area contributed by atoms with Gasteiger partial charge in [0.05, 0.1) is 46.7 Å². The molecule has 0 radical (unpaired) electrons. The Labute approximate surface area is 165 Å². The summed E-state index contributed by atoms with van der Waals surface area (Å²) >= 11 is 1.56. The maximum absolute atomic E-state index is 12.7. The van der Waals surface area contributed by atoms with Gasteiger partial charge >= 0.3 is 0 Å². The summed E-state index contributed by atoms with van der Waals surface area (Å²) in [6, 6.07) is 5.57. The first-order valence-electron chi connectivity index (χ1n) is 9.11. The molecular formula is C19H30N3O4S+. The fourth-order valence-electron chi connectivity index (χ4n) is 2.94. The van der Waals surface area contributed by atoms with Crippen molar-refractivity contribution in [3.63, 3.8) is 0 Å². The predicted molar refractivity (Wildman–Crippen MR) is 106 cm³/mol. The number of benzene rings is 1. The standard InChI is InChI=1S/C19H29N3O4S/c1-13-18(24)22(10-8-17(23)20-9-11-21(2)3)19(27-13)15-12-14(25-4)6-7-16(15)26-5/h6-7,12-13,19H,8-11H2,1-5H3,(H,20,23)/p+1/t13-,19+/m1/s1. The van der Waals surface area contributed by atoms with Crippen LogP contribution in [0.2, 0.25) is 0 Å². The van der Waals surface area contributed by atoms with Crippen LogP contribution in [0, 0.1) is 0 Å². The maximum atomic E-state index is 12.7. The lowest BCUT2D eigenvalue weighted by molar-refractivity contribution is -0.856. The number of thioether (sulfide) groups is 1. The van der Waals surface area contributed by atoms with Gasteiger partial charge in [-0.25, -0.2) is 0 Å². The van der Waals surface area contributed by atoms with E-state index in [0.717, 1.165) is 12.1 Å². The van der Waals surface area contributed by atoms with Crippen LogP contribution >= 0.6 is 11.8 Å². The zero-order valence-electron chi connectivity index (χ0n) is 16.7. The Bertz CT molecular complexity index is 668. The van der Waals surface area contributed by atoms with Crippen molar-refractivity contribution in [3.05, 3.63) is 23.8 Å². The van der Waals surface area contributed by atoms with Crippen LogP contribution in [-0.2, 0) is 9.59 Å². The Kier molecular flexibility index (Phi) is 7.79. The van der Waals surface area contributed by atoms with Crippen LogP contribution in [0.25, 0.3) is 0 Å². The molecule has 7 nitrogen and oxygen atoms in total. The minimum Gasteiger partial charge on any atom is -0.497 e. The van der Waals surface area contributed by atoms with Crippen LogP contribution in [0.15, 0.2) is 18.2 Å². The second-order valence-electron chi connectivity index (χ2n) is 6.83. The molecule has 0 aliphatic carbocycles. The smallest absolute Gasteiger partial charge is 0.236 e. The Morgan fingerprint density at radius 2 is 2.04 bits per heavy atom. The lowest BCUT2D eigenvalue weighted by Crippen LogP contribution is -3.06. The Balaban J connectivity index is 2.10. The van der Waals surface area contributed by atoms with Gasteiger partial charge in [0.25, 0.3) is 0 Å². The number of carbonyl (C=O) groups is 2. The number of ether oxygens (including phenoxy) is 2. The van der Waals surface area contributed by atoms with Gasteiger partial charge in [-0.05, 0) is 25.1 Å². The number of nitrogens with zero attached hydrogens (tertiary/aromatic N) is 1. The maximum Gasteiger partial charge on any atom is 0.236 e. The van der Waals surface area contributed by atoms with E-state index in [2.05, 4.69) is 5.32 Å². The van der Waals surface area contributed by atoms with Crippen molar-refractivity contribution < 1.29 is 24.0 Å². The van der Waals surface area contributed by atoms with E-state index < -0.39 is 0 Å². The number of likely N-dealkylation sites (N-methyl/N-ethyl adjacent to an activating group) is 1. The van der Waals surface area contributed by atoms with E-state index in [4.69, 9.17) is 9.47 Å². The molecule has 0 bridgehead atoms. The molecule has 1 aliphatic rings. The number of carbonyl (C=O) groups excluding carboxylic acids is 2. The van der Waals surface area contributed by atoms with E-state index in [9.17, 15) is 9.59 Å². The highest BCUT2D eigenvalue weighted by Gasteiger charge is 2.39. The predicted octanol–water partition coefficient (Wildman–Crippen LogP) is 0.317. The van der Waals surface area contributed by atoms with Crippen molar-refractivity contribution in [1.29, 1.82) is 0 Å². The molecule has 2 N–H and O–H groups in total. The van der Waals surface area contributed by atoms with Gasteiger partial charge in [0.2, 0.25) is 11.8 Å². The number of rotatable bonds is 9. The summed E-state index contributed by atoms with van der Waals surface area (Å²) in [5, 5.41) is 2.55. The van der Waals surface area contributed by atoms with E-state index in [1.165, 1.54) is 4.90 Å². The normalized spacial score (nSPS) is 19.5.